The van der Waals surface area contributed by atoms with Gasteiger partial charge in [0, 0.05) is 48.0 Å². The van der Waals surface area contributed by atoms with E-state index in [-0.39, 0.29) is 5.54 Å². The lowest BCUT2D eigenvalue weighted by Crippen LogP contribution is -2.58. The van der Waals surface area contributed by atoms with E-state index >= 15 is 0 Å². The van der Waals surface area contributed by atoms with Gasteiger partial charge in [-0.1, -0.05) is 6.92 Å². The molecule has 1 saturated heterocycles. The molecule has 0 radical (unpaired) electrons. The van der Waals surface area contributed by atoms with Crippen LogP contribution in [-0.2, 0) is 10.8 Å². The quantitative estimate of drug-likeness (QED) is 0.762. The minimum atomic E-state index is -0.633. The molecule has 0 bridgehead atoms. The second-order valence-corrected chi connectivity index (χ2v) is 6.30. The fourth-order valence-electron chi connectivity index (χ4n) is 2.06. The Bertz CT molecular complexity index is 223. The Labute approximate surface area is 96.1 Å². The summed E-state index contributed by atoms with van der Waals surface area (Å²) >= 11 is 0. The van der Waals surface area contributed by atoms with Gasteiger partial charge in [-0.25, -0.2) is 0 Å². The summed E-state index contributed by atoms with van der Waals surface area (Å²) in [7, 11) is -0.633. The third-order valence-corrected chi connectivity index (χ3v) is 4.10. The van der Waals surface area contributed by atoms with Crippen molar-refractivity contribution in [2.45, 2.75) is 32.2 Å². The third-order valence-electron chi connectivity index (χ3n) is 3.24. The fraction of sp³-hybridized carbons (Fsp3) is 1.00. The van der Waals surface area contributed by atoms with Gasteiger partial charge in [0.25, 0.3) is 0 Å². The van der Waals surface area contributed by atoms with E-state index in [1.165, 1.54) is 6.42 Å². The molecule has 0 saturated carbocycles. The van der Waals surface area contributed by atoms with E-state index in [0.717, 1.165) is 38.4 Å². The molecular formula is C11H24N2OS. The van der Waals surface area contributed by atoms with Crippen LogP contribution in [0.2, 0.25) is 0 Å². The lowest BCUT2D eigenvalue weighted by atomic mass is 9.96. The van der Waals surface area contributed by atoms with Gasteiger partial charge in [0.15, 0.2) is 0 Å². The molecule has 0 aromatic carbocycles. The standard InChI is InChI=1S/C11H24N2OS/c1-4-11(2)10-13(8-6-12-11)7-5-9-15(3)14/h12H,4-10H2,1-3H3. The van der Waals surface area contributed by atoms with Gasteiger partial charge in [-0.15, -0.1) is 0 Å². The zero-order chi connectivity index (χ0) is 11.3. The van der Waals surface area contributed by atoms with Gasteiger partial charge in [0.2, 0.25) is 0 Å². The zero-order valence-corrected chi connectivity index (χ0v) is 11.0. The average molecular weight is 232 g/mol. The van der Waals surface area contributed by atoms with Crippen LogP contribution in [0.5, 0.6) is 0 Å². The third kappa shape index (κ3) is 4.62. The van der Waals surface area contributed by atoms with Crippen molar-refractivity contribution in [1.29, 1.82) is 0 Å². The minimum Gasteiger partial charge on any atom is -0.309 e. The van der Waals surface area contributed by atoms with Gasteiger partial charge in [0.1, 0.15) is 0 Å². The smallest absolute Gasteiger partial charge is 0.0278 e. The van der Waals surface area contributed by atoms with Crippen molar-refractivity contribution < 1.29 is 4.21 Å². The minimum absolute atomic E-state index is 0.281. The Balaban J connectivity index is 2.27. The highest BCUT2D eigenvalue weighted by Crippen LogP contribution is 2.15. The van der Waals surface area contributed by atoms with Gasteiger partial charge in [-0.05, 0) is 26.3 Å². The summed E-state index contributed by atoms with van der Waals surface area (Å²) in [5.41, 5.74) is 0.281. The predicted molar refractivity (Wildman–Crippen MR) is 66.7 cm³/mol. The van der Waals surface area contributed by atoms with Crippen LogP contribution in [0.15, 0.2) is 0 Å². The second-order valence-electron chi connectivity index (χ2n) is 4.75. The van der Waals surface area contributed by atoms with Crippen LogP contribution in [-0.4, -0.2) is 52.8 Å². The average Bonchev–Trinajstić information content (AvgIpc) is 2.17. The molecule has 1 fully saturated rings. The molecule has 90 valence electrons. The van der Waals surface area contributed by atoms with Crippen molar-refractivity contribution >= 4 is 10.8 Å². The largest absolute Gasteiger partial charge is 0.309 e. The molecule has 1 aliphatic heterocycles. The molecule has 0 spiro atoms. The molecule has 0 amide bonds. The van der Waals surface area contributed by atoms with Gasteiger partial charge in [-0.2, -0.15) is 0 Å². The van der Waals surface area contributed by atoms with Crippen molar-refractivity contribution in [2.75, 3.05) is 38.2 Å². The SMILES string of the molecule is CCC1(C)CN(CCCS(C)=O)CCN1. The van der Waals surface area contributed by atoms with Crippen LogP contribution in [0.1, 0.15) is 26.7 Å². The van der Waals surface area contributed by atoms with Gasteiger partial charge in [-0.3, -0.25) is 4.21 Å². The molecule has 2 unspecified atom stereocenters. The molecule has 1 aliphatic rings. The first-order chi connectivity index (χ1) is 7.06. The van der Waals surface area contributed by atoms with Gasteiger partial charge >= 0.3 is 0 Å². The van der Waals surface area contributed by atoms with E-state index in [0.29, 0.717) is 0 Å². The van der Waals surface area contributed by atoms with Crippen molar-refractivity contribution in [1.82, 2.24) is 10.2 Å². The topological polar surface area (TPSA) is 32.3 Å². The summed E-state index contributed by atoms with van der Waals surface area (Å²) in [6.45, 7) is 8.96. The number of nitrogens with zero attached hydrogens (tertiary/aromatic N) is 1. The van der Waals surface area contributed by atoms with Crippen molar-refractivity contribution in [3.63, 3.8) is 0 Å². The molecule has 0 aliphatic carbocycles. The van der Waals surface area contributed by atoms with Gasteiger partial charge in [0.05, 0.1) is 0 Å². The number of piperazine rings is 1. The van der Waals surface area contributed by atoms with Crippen LogP contribution in [0.25, 0.3) is 0 Å². The number of hydrogen-bond acceptors (Lipinski definition) is 3. The van der Waals surface area contributed by atoms with Crippen molar-refractivity contribution in [2.24, 2.45) is 0 Å². The van der Waals surface area contributed by atoms with E-state index in [2.05, 4.69) is 24.1 Å². The monoisotopic (exact) mass is 232 g/mol. The maximum absolute atomic E-state index is 10.9. The summed E-state index contributed by atoms with van der Waals surface area (Å²) in [5, 5.41) is 3.57. The Morgan fingerprint density at radius 1 is 1.53 bits per heavy atom. The van der Waals surface area contributed by atoms with Crippen LogP contribution < -0.4 is 5.32 Å². The normalized spacial score (nSPS) is 30.3. The first kappa shape index (κ1) is 13.1. The summed E-state index contributed by atoms with van der Waals surface area (Å²) in [6.07, 6.45) is 4.01. The highest BCUT2D eigenvalue weighted by Gasteiger charge is 2.27. The van der Waals surface area contributed by atoms with Crippen LogP contribution in [0.3, 0.4) is 0 Å². The number of rotatable bonds is 5. The molecule has 1 N–H and O–H groups in total. The predicted octanol–water partition coefficient (Wildman–Crippen LogP) is 0.829. The Morgan fingerprint density at radius 2 is 2.27 bits per heavy atom. The van der Waals surface area contributed by atoms with E-state index in [4.69, 9.17) is 0 Å². The van der Waals surface area contributed by atoms with Crippen LogP contribution in [0.4, 0.5) is 0 Å². The lowest BCUT2D eigenvalue weighted by Gasteiger charge is -2.41. The molecule has 0 aromatic heterocycles. The van der Waals surface area contributed by atoms with E-state index < -0.39 is 10.8 Å². The highest BCUT2D eigenvalue weighted by molar-refractivity contribution is 7.84. The lowest BCUT2D eigenvalue weighted by molar-refractivity contribution is 0.140. The summed E-state index contributed by atoms with van der Waals surface area (Å²) in [6, 6.07) is 0. The van der Waals surface area contributed by atoms with Crippen LogP contribution in [0, 0.1) is 0 Å². The molecule has 15 heavy (non-hydrogen) atoms. The molecule has 1 rings (SSSR count). The zero-order valence-electron chi connectivity index (χ0n) is 10.2. The molecule has 2 atom stereocenters. The number of hydrogen-bond donors (Lipinski definition) is 1. The Kier molecular flexibility index (Phi) is 5.23. The fourth-order valence-corrected chi connectivity index (χ4v) is 2.60. The molecule has 0 aromatic rings. The van der Waals surface area contributed by atoms with E-state index in [1.54, 1.807) is 6.26 Å². The van der Waals surface area contributed by atoms with E-state index in [1.807, 2.05) is 0 Å². The van der Waals surface area contributed by atoms with Crippen LogP contribution >= 0.6 is 0 Å². The Hall–Kier alpha value is 0.0700. The molecule has 4 heteroatoms. The second kappa shape index (κ2) is 5.97. The highest BCUT2D eigenvalue weighted by atomic mass is 32.2. The Morgan fingerprint density at radius 3 is 2.87 bits per heavy atom. The first-order valence-electron chi connectivity index (χ1n) is 5.83. The molecule has 3 nitrogen and oxygen atoms in total. The van der Waals surface area contributed by atoms with E-state index in [9.17, 15) is 4.21 Å². The number of nitrogens with one attached hydrogen (secondary N) is 1. The summed E-state index contributed by atoms with van der Waals surface area (Å²) < 4.78 is 10.9. The summed E-state index contributed by atoms with van der Waals surface area (Å²) in [4.78, 5) is 2.49. The first-order valence-corrected chi connectivity index (χ1v) is 7.56. The van der Waals surface area contributed by atoms with Gasteiger partial charge < -0.3 is 10.2 Å². The maximum atomic E-state index is 10.9. The molecule has 1 heterocycles. The van der Waals surface area contributed by atoms with Crippen molar-refractivity contribution in [3.8, 4) is 0 Å². The van der Waals surface area contributed by atoms with Crippen molar-refractivity contribution in [3.05, 3.63) is 0 Å². The maximum Gasteiger partial charge on any atom is 0.0278 e. The molecular weight excluding hydrogens is 208 g/mol. The summed E-state index contributed by atoms with van der Waals surface area (Å²) in [5.74, 6) is 0.840.